The predicted molar refractivity (Wildman–Crippen MR) is 79.6 cm³/mol. The summed E-state index contributed by atoms with van der Waals surface area (Å²) in [7, 11) is 0. The Hall–Kier alpha value is -1.94. The van der Waals surface area contributed by atoms with Crippen LogP contribution >= 0.6 is 11.6 Å². The van der Waals surface area contributed by atoms with Gasteiger partial charge in [0.25, 0.3) is 0 Å². The van der Waals surface area contributed by atoms with Gasteiger partial charge in [0.1, 0.15) is 11.0 Å². The van der Waals surface area contributed by atoms with Gasteiger partial charge in [-0.3, -0.25) is 4.79 Å². The number of nitrogens with zero attached hydrogens (tertiary/aromatic N) is 1. The monoisotopic (exact) mass is 304 g/mol. The molecule has 1 aliphatic rings. The first-order valence-corrected chi connectivity index (χ1v) is 7.09. The fourth-order valence-corrected chi connectivity index (χ4v) is 2.80. The Morgan fingerprint density at radius 2 is 2.00 bits per heavy atom. The highest BCUT2D eigenvalue weighted by Crippen LogP contribution is 2.34. The van der Waals surface area contributed by atoms with Gasteiger partial charge < -0.3 is 5.32 Å². The number of halogens is 2. The fourth-order valence-electron chi connectivity index (χ4n) is 2.59. The standard InChI is InChI=1S/C16H14ClFN2O/c1-16(6-7-19-15(16)21)11-8-13(20-14(17)9-11)10-2-4-12(18)5-3-10/h2-5,8-9H,6-7H2,1H3,(H,19,21). The zero-order valence-electron chi connectivity index (χ0n) is 11.5. The highest BCUT2D eigenvalue weighted by Gasteiger charge is 2.39. The van der Waals surface area contributed by atoms with E-state index in [9.17, 15) is 9.18 Å². The van der Waals surface area contributed by atoms with Gasteiger partial charge >= 0.3 is 0 Å². The molecule has 0 saturated carbocycles. The Labute approximate surface area is 127 Å². The van der Waals surface area contributed by atoms with Crippen molar-refractivity contribution in [2.45, 2.75) is 18.8 Å². The van der Waals surface area contributed by atoms with Gasteiger partial charge in [-0.15, -0.1) is 0 Å². The third-order valence-electron chi connectivity index (χ3n) is 3.98. The second-order valence-corrected chi connectivity index (χ2v) is 5.80. The topological polar surface area (TPSA) is 42.0 Å². The van der Waals surface area contributed by atoms with Crippen LogP contribution in [-0.4, -0.2) is 17.4 Å². The fraction of sp³-hybridized carbons (Fsp3) is 0.250. The summed E-state index contributed by atoms with van der Waals surface area (Å²) in [6.07, 6.45) is 0.717. The van der Waals surface area contributed by atoms with Crippen LogP contribution in [0.4, 0.5) is 4.39 Å². The number of carbonyl (C=O) groups is 1. The summed E-state index contributed by atoms with van der Waals surface area (Å²) in [4.78, 5) is 16.3. The number of carbonyl (C=O) groups excluding carboxylic acids is 1. The third kappa shape index (κ3) is 2.51. The molecule has 0 spiro atoms. The lowest BCUT2D eigenvalue weighted by Crippen LogP contribution is -2.32. The molecule has 1 amide bonds. The van der Waals surface area contributed by atoms with E-state index < -0.39 is 5.41 Å². The molecule has 3 nitrogen and oxygen atoms in total. The molecular formula is C16H14ClFN2O. The van der Waals surface area contributed by atoms with Gasteiger partial charge in [0, 0.05) is 12.1 Å². The van der Waals surface area contributed by atoms with Crippen molar-refractivity contribution in [2.24, 2.45) is 0 Å². The van der Waals surface area contributed by atoms with Crippen LogP contribution in [0.3, 0.4) is 0 Å². The average molecular weight is 305 g/mol. The van der Waals surface area contributed by atoms with Crippen molar-refractivity contribution < 1.29 is 9.18 Å². The van der Waals surface area contributed by atoms with Crippen LogP contribution in [0.25, 0.3) is 11.3 Å². The van der Waals surface area contributed by atoms with Crippen molar-refractivity contribution in [3.05, 3.63) is 52.9 Å². The number of aromatic nitrogens is 1. The van der Waals surface area contributed by atoms with Gasteiger partial charge in [-0.25, -0.2) is 9.37 Å². The van der Waals surface area contributed by atoms with Crippen LogP contribution < -0.4 is 5.32 Å². The molecule has 1 atom stereocenters. The van der Waals surface area contributed by atoms with Gasteiger partial charge in [-0.2, -0.15) is 0 Å². The van der Waals surface area contributed by atoms with Crippen LogP contribution in [0, 0.1) is 5.82 Å². The zero-order valence-corrected chi connectivity index (χ0v) is 12.2. The minimum absolute atomic E-state index is 0.00479. The Morgan fingerprint density at radius 3 is 2.62 bits per heavy atom. The molecule has 0 radical (unpaired) electrons. The predicted octanol–water partition coefficient (Wildman–Crippen LogP) is 3.32. The van der Waals surface area contributed by atoms with E-state index in [0.29, 0.717) is 17.4 Å². The molecule has 1 fully saturated rings. The van der Waals surface area contributed by atoms with Crippen molar-refractivity contribution in [1.29, 1.82) is 0 Å². The molecule has 1 unspecified atom stereocenters. The second kappa shape index (κ2) is 5.11. The Bertz CT molecular complexity index is 702. The largest absolute Gasteiger partial charge is 0.355 e. The van der Waals surface area contributed by atoms with Crippen LogP contribution in [0.1, 0.15) is 18.9 Å². The van der Waals surface area contributed by atoms with Crippen molar-refractivity contribution in [1.82, 2.24) is 10.3 Å². The number of amides is 1. The molecule has 1 saturated heterocycles. The van der Waals surface area contributed by atoms with Crippen molar-refractivity contribution in [2.75, 3.05) is 6.54 Å². The lowest BCUT2D eigenvalue weighted by Gasteiger charge is -2.21. The van der Waals surface area contributed by atoms with Crippen molar-refractivity contribution >= 4 is 17.5 Å². The molecule has 1 N–H and O–H groups in total. The number of benzene rings is 1. The summed E-state index contributed by atoms with van der Waals surface area (Å²) in [6.45, 7) is 2.55. The molecule has 5 heteroatoms. The Morgan fingerprint density at radius 1 is 1.29 bits per heavy atom. The van der Waals surface area contributed by atoms with Crippen molar-refractivity contribution in [3.8, 4) is 11.3 Å². The molecule has 108 valence electrons. The van der Waals surface area contributed by atoms with Crippen LogP contribution in [0.2, 0.25) is 5.15 Å². The first-order chi connectivity index (χ1) is 9.99. The first-order valence-electron chi connectivity index (χ1n) is 6.71. The molecule has 21 heavy (non-hydrogen) atoms. The minimum atomic E-state index is -0.596. The Kier molecular flexibility index (Phi) is 3.41. The maximum absolute atomic E-state index is 13.0. The summed E-state index contributed by atoms with van der Waals surface area (Å²) in [5.41, 5.74) is 1.64. The van der Waals surface area contributed by atoms with E-state index in [-0.39, 0.29) is 11.7 Å². The first kappa shape index (κ1) is 14.0. The molecule has 1 aliphatic heterocycles. The number of hydrogen-bond donors (Lipinski definition) is 1. The minimum Gasteiger partial charge on any atom is -0.355 e. The van der Waals surface area contributed by atoms with E-state index in [1.54, 1.807) is 18.2 Å². The highest BCUT2D eigenvalue weighted by molar-refractivity contribution is 6.29. The second-order valence-electron chi connectivity index (χ2n) is 5.41. The number of nitrogens with one attached hydrogen (secondary N) is 1. The van der Waals surface area contributed by atoms with Crippen LogP contribution in [0.15, 0.2) is 36.4 Å². The molecule has 1 aromatic carbocycles. The van der Waals surface area contributed by atoms with Crippen molar-refractivity contribution in [3.63, 3.8) is 0 Å². The summed E-state index contributed by atoms with van der Waals surface area (Å²) in [6, 6.07) is 9.62. The van der Waals surface area contributed by atoms with Crippen LogP contribution in [0.5, 0.6) is 0 Å². The number of pyridine rings is 1. The highest BCUT2D eigenvalue weighted by atomic mass is 35.5. The zero-order chi connectivity index (χ0) is 15.0. The van der Waals surface area contributed by atoms with Crippen LogP contribution in [-0.2, 0) is 10.2 Å². The van der Waals surface area contributed by atoms with E-state index >= 15 is 0 Å². The molecule has 2 heterocycles. The lowest BCUT2D eigenvalue weighted by molar-refractivity contribution is -0.123. The number of rotatable bonds is 2. The molecule has 2 aromatic rings. The molecule has 0 bridgehead atoms. The summed E-state index contributed by atoms with van der Waals surface area (Å²) >= 11 is 6.10. The third-order valence-corrected chi connectivity index (χ3v) is 4.18. The van der Waals surface area contributed by atoms with E-state index in [1.165, 1.54) is 12.1 Å². The molecular weight excluding hydrogens is 291 g/mol. The van der Waals surface area contributed by atoms with E-state index in [1.807, 2.05) is 13.0 Å². The van der Waals surface area contributed by atoms with E-state index in [4.69, 9.17) is 11.6 Å². The Balaban J connectivity index is 2.08. The van der Waals surface area contributed by atoms with E-state index in [2.05, 4.69) is 10.3 Å². The van der Waals surface area contributed by atoms with Gasteiger partial charge in [0.15, 0.2) is 0 Å². The quantitative estimate of drug-likeness (QED) is 0.865. The molecule has 1 aromatic heterocycles. The van der Waals surface area contributed by atoms with Gasteiger partial charge in [0.2, 0.25) is 5.91 Å². The number of hydrogen-bond acceptors (Lipinski definition) is 2. The summed E-state index contributed by atoms with van der Waals surface area (Å²) < 4.78 is 13.0. The molecule has 3 rings (SSSR count). The lowest BCUT2D eigenvalue weighted by atomic mass is 9.81. The maximum atomic E-state index is 13.0. The summed E-state index contributed by atoms with van der Waals surface area (Å²) in [5.74, 6) is -0.307. The summed E-state index contributed by atoms with van der Waals surface area (Å²) in [5, 5.41) is 3.17. The van der Waals surface area contributed by atoms with Gasteiger partial charge in [0.05, 0.1) is 11.1 Å². The SMILES string of the molecule is CC1(c2cc(Cl)nc(-c3ccc(F)cc3)c2)CCNC1=O. The van der Waals surface area contributed by atoms with Gasteiger partial charge in [-0.1, -0.05) is 11.6 Å². The van der Waals surface area contributed by atoms with Gasteiger partial charge in [-0.05, 0) is 55.3 Å². The van der Waals surface area contributed by atoms with E-state index in [0.717, 1.165) is 17.5 Å². The maximum Gasteiger partial charge on any atom is 0.230 e. The molecule has 0 aliphatic carbocycles. The smallest absolute Gasteiger partial charge is 0.230 e. The average Bonchev–Trinajstić information content (AvgIpc) is 2.80. The normalized spacial score (nSPS) is 21.4.